The lowest BCUT2D eigenvalue weighted by molar-refractivity contribution is 0.169. The van der Waals surface area contributed by atoms with E-state index in [9.17, 15) is 0 Å². The summed E-state index contributed by atoms with van der Waals surface area (Å²) >= 11 is 5.92. The molecule has 120 valence electrons. The Labute approximate surface area is 135 Å². The highest BCUT2D eigenvalue weighted by atomic mass is 35.5. The van der Waals surface area contributed by atoms with Crippen LogP contribution >= 0.6 is 11.6 Å². The van der Waals surface area contributed by atoms with Crippen LogP contribution in [-0.4, -0.2) is 42.3 Å². The first-order valence-electron chi connectivity index (χ1n) is 7.00. The SMILES string of the molecule is COCc1noc(C(C)N(C)CCOc2cccc(Cl)c2)n1. The van der Waals surface area contributed by atoms with Crippen molar-refractivity contribution >= 4 is 11.6 Å². The van der Waals surface area contributed by atoms with Gasteiger partial charge in [0.05, 0.1) is 6.04 Å². The van der Waals surface area contributed by atoms with Crippen molar-refractivity contribution in [2.45, 2.75) is 19.6 Å². The van der Waals surface area contributed by atoms with Gasteiger partial charge in [-0.2, -0.15) is 4.98 Å². The smallest absolute Gasteiger partial charge is 0.243 e. The third kappa shape index (κ3) is 4.69. The number of halogens is 1. The number of likely N-dealkylation sites (N-methyl/N-ethyl adjacent to an activating group) is 1. The maximum absolute atomic E-state index is 5.92. The number of aromatic nitrogens is 2. The Hall–Kier alpha value is -1.63. The summed E-state index contributed by atoms with van der Waals surface area (Å²) in [6, 6.07) is 7.35. The predicted octanol–water partition coefficient (Wildman–Crippen LogP) is 2.94. The average Bonchev–Trinajstić information content (AvgIpc) is 2.95. The van der Waals surface area contributed by atoms with E-state index >= 15 is 0 Å². The summed E-state index contributed by atoms with van der Waals surface area (Å²) in [4.78, 5) is 6.37. The van der Waals surface area contributed by atoms with Gasteiger partial charge in [-0.15, -0.1) is 0 Å². The minimum Gasteiger partial charge on any atom is -0.492 e. The fraction of sp³-hybridized carbons (Fsp3) is 0.467. The first-order valence-corrected chi connectivity index (χ1v) is 7.38. The van der Waals surface area contributed by atoms with Crippen LogP contribution in [-0.2, 0) is 11.3 Å². The van der Waals surface area contributed by atoms with E-state index in [1.807, 2.05) is 32.2 Å². The van der Waals surface area contributed by atoms with E-state index in [-0.39, 0.29) is 6.04 Å². The van der Waals surface area contributed by atoms with E-state index in [1.54, 1.807) is 13.2 Å². The summed E-state index contributed by atoms with van der Waals surface area (Å²) in [7, 11) is 3.57. The molecule has 0 fully saturated rings. The quantitative estimate of drug-likeness (QED) is 0.743. The van der Waals surface area contributed by atoms with Gasteiger partial charge in [0.2, 0.25) is 5.89 Å². The molecular weight excluding hydrogens is 306 g/mol. The monoisotopic (exact) mass is 325 g/mol. The topological polar surface area (TPSA) is 60.6 Å². The van der Waals surface area contributed by atoms with Gasteiger partial charge in [-0.25, -0.2) is 0 Å². The Morgan fingerprint density at radius 3 is 2.95 bits per heavy atom. The molecule has 0 radical (unpaired) electrons. The molecule has 1 aromatic carbocycles. The first-order chi connectivity index (χ1) is 10.6. The zero-order valence-electron chi connectivity index (χ0n) is 13.0. The molecule has 1 unspecified atom stereocenters. The lowest BCUT2D eigenvalue weighted by Gasteiger charge is -2.21. The molecule has 0 bridgehead atoms. The minimum atomic E-state index is 0.000988. The summed E-state index contributed by atoms with van der Waals surface area (Å²) in [5.74, 6) is 1.87. The van der Waals surface area contributed by atoms with Crippen LogP contribution in [0.1, 0.15) is 24.7 Å². The lowest BCUT2D eigenvalue weighted by atomic mass is 10.3. The van der Waals surface area contributed by atoms with Crippen LogP contribution in [0.25, 0.3) is 0 Å². The number of hydrogen-bond donors (Lipinski definition) is 0. The van der Waals surface area contributed by atoms with Gasteiger partial charge >= 0.3 is 0 Å². The standard InChI is InChI=1S/C15H20ClN3O3/c1-11(15-17-14(10-20-3)18-22-15)19(2)7-8-21-13-6-4-5-12(16)9-13/h4-6,9,11H,7-8,10H2,1-3H3. The van der Waals surface area contributed by atoms with Crippen molar-refractivity contribution in [2.24, 2.45) is 0 Å². The van der Waals surface area contributed by atoms with Crippen molar-refractivity contribution in [1.82, 2.24) is 15.0 Å². The first kappa shape index (κ1) is 16.7. The summed E-state index contributed by atoms with van der Waals surface area (Å²) in [6.45, 7) is 3.61. The van der Waals surface area contributed by atoms with Gasteiger partial charge in [-0.3, -0.25) is 4.90 Å². The molecule has 0 spiro atoms. The highest BCUT2D eigenvalue weighted by Gasteiger charge is 2.18. The van der Waals surface area contributed by atoms with Gasteiger partial charge in [0.1, 0.15) is 19.0 Å². The fourth-order valence-corrected chi connectivity index (χ4v) is 2.05. The van der Waals surface area contributed by atoms with Gasteiger partial charge in [0.25, 0.3) is 0 Å². The van der Waals surface area contributed by atoms with Gasteiger partial charge in [0.15, 0.2) is 5.82 Å². The molecule has 1 aromatic heterocycles. The van der Waals surface area contributed by atoms with Gasteiger partial charge < -0.3 is 14.0 Å². The molecule has 1 heterocycles. The Morgan fingerprint density at radius 1 is 1.41 bits per heavy atom. The van der Waals surface area contributed by atoms with E-state index < -0.39 is 0 Å². The number of nitrogens with zero attached hydrogens (tertiary/aromatic N) is 3. The summed E-state index contributed by atoms with van der Waals surface area (Å²) < 4.78 is 15.9. The molecule has 2 rings (SSSR count). The maximum Gasteiger partial charge on any atom is 0.243 e. The van der Waals surface area contributed by atoms with Crippen LogP contribution < -0.4 is 4.74 Å². The molecule has 6 nitrogen and oxygen atoms in total. The second kappa shape index (κ2) is 8.12. The van der Waals surface area contributed by atoms with Crippen LogP contribution in [0.4, 0.5) is 0 Å². The van der Waals surface area contributed by atoms with Crippen LogP contribution in [0.15, 0.2) is 28.8 Å². The molecule has 0 amide bonds. The van der Waals surface area contributed by atoms with E-state index in [0.29, 0.717) is 30.0 Å². The van der Waals surface area contributed by atoms with E-state index in [2.05, 4.69) is 15.0 Å². The normalized spacial score (nSPS) is 12.6. The predicted molar refractivity (Wildman–Crippen MR) is 83.0 cm³/mol. The Morgan fingerprint density at radius 2 is 2.23 bits per heavy atom. The number of benzene rings is 1. The average molecular weight is 326 g/mol. The van der Waals surface area contributed by atoms with Crippen molar-refractivity contribution in [3.05, 3.63) is 41.0 Å². The van der Waals surface area contributed by atoms with Crippen molar-refractivity contribution in [3.63, 3.8) is 0 Å². The largest absolute Gasteiger partial charge is 0.492 e. The summed E-state index contributed by atoms with van der Waals surface area (Å²) in [5.41, 5.74) is 0. The Bertz CT molecular complexity index is 591. The molecule has 0 aliphatic rings. The van der Waals surface area contributed by atoms with Gasteiger partial charge in [-0.05, 0) is 32.2 Å². The van der Waals surface area contributed by atoms with Crippen LogP contribution in [0, 0.1) is 0 Å². The summed E-state index contributed by atoms with van der Waals surface area (Å²) in [5, 5.41) is 4.53. The molecular formula is C15H20ClN3O3. The molecule has 0 saturated heterocycles. The third-order valence-electron chi connectivity index (χ3n) is 3.28. The Kier molecular flexibility index (Phi) is 6.18. The van der Waals surface area contributed by atoms with Crippen molar-refractivity contribution < 1.29 is 14.0 Å². The lowest BCUT2D eigenvalue weighted by Crippen LogP contribution is -2.27. The second-order valence-corrected chi connectivity index (χ2v) is 5.38. The molecule has 22 heavy (non-hydrogen) atoms. The molecule has 1 atom stereocenters. The molecule has 7 heteroatoms. The Balaban J connectivity index is 1.81. The highest BCUT2D eigenvalue weighted by molar-refractivity contribution is 6.30. The molecule has 2 aromatic rings. The van der Waals surface area contributed by atoms with Gasteiger partial charge in [-0.1, -0.05) is 22.8 Å². The van der Waals surface area contributed by atoms with Crippen LogP contribution in [0.3, 0.4) is 0 Å². The number of methoxy groups -OCH3 is 1. The van der Waals surface area contributed by atoms with Crippen LogP contribution in [0.2, 0.25) is 5.02 Å². The van der Waals surface area contributed by atoms with E-state index in [0.717, 1.165) is 12.3 Å². The molecule has 0 aliphatic heterocycles. The van der Waals surface area contributed by atoms with E-state index in [1.165, 1.54) is 0 Å². The highest BCUT2D eigenvalue weighted by Crippen LogP contribution is 2.19. The number of rotatable bonds is 8. The summed E-state index contributed by atoms with van der Waals surface area (Å²) in [6.07, 6.45) is 0. The van der Waals surface area contributed by atoms with Gasteiger partial charge in [0, 0.05) is 18.7 Å². The molecule has 0 aliphatic carbocycles. The zero-order valence-corrected chi connectivity index (χ0v) is 13.7. The second-order valence-electron chi connectivity index (χ2n) is 4.94. The fourth-order valence-electron chi connectivity index (χ4n) is 1.87. The van der Waals surface area contributed by atoms with Crippen molar-refractivity contribution in [1.29, 1.82) is 0 Å². The van der Waals surface area contributed by atoms with Crippen molar-refractivity contribution in [3.8, 4) is 5.75 Å². The minimum absolute atomic E-state index is 0.000988. The maximum atomic E-state index is 5.92. The zero-order chi connectivity index (χ0) is 15.9. The van der Waals surface area contributed by atoms with Crippen LogP contribution in [0.5, 0.6) is 5.75 Å². The molecule has 0 N–H and O–H groups in total. The van der Waals surface area contributed by atoms with Crippen molar-refractivity contribution in [2.75, 3.05) is 27.3 Å². The molecule has 0 saturated carbocycles. The van der Waals surface area contributed by atoms with E-state index in [4.69, 9.17) is 25.6 Å². The number of ether oxygens (including phenoxy) is 2. The number of hydrogen-bond acceptors (Lipinski definition) is 6. The third-order valence-corrected chi connectivity index (χ3v) is 3.52.